The average Bonchev–Trinajstić information content (AvgIpc) is 3.30. The summed E-state index contributed by atoms with van der Waals surface area (Å²) in [6.45, 7) is 3.68. The number of carbonyl (C=O) groups is 2. The van der Waals surface area contributed by atoms with Crippen molar-refractivity contribution in [2.24, 2.45) is 5.92 Å². The number of aryl methyl sites for hydroxylation is 1. The van der Waals surface area contributed by atoms with E-state index in [0.29, 0.717) is 10.8 Å². The normalized spacial score (nSPS) is 15.5. The number of hydrogen-bond acceptors (Lipinski definition) is 4. The first kappa shape index (κ1) is 15.0. The van der Waals surface area contributed by atoms with E-state index in [9.17, 15) is 9.59 Å². The molecule has 0 unspecified atom stereocenters. The van der Waals surface area contributed by atoms with Crippen LogP contribution in [0.4, 0.5) is 0 Å². The number of fused-ring (bicyclic) bond motifs is 1. The fraction of sp³-hybridized carbons (Fsp3) is 0.412. The van der Waals surface area contributed by atoms with Crippen molar-refractivity contribution in [3.8, 4) is 0 Å². The molecular weight excluding hydrogens is 298 g/mol. The number of ether oxygens (including phenoxy) is 1. The molecule has 0 saturated heterocycles. The summed E-state index contributed by atoms with van der Waals surface area (Å²) in [4.78, 5) is 24.5. The van der Waals surface area contributed by atoms with Gasteiger partial charge in [-0.25, -0.2) is 4.79 Å². The van der Waals surface area contributed by atoms with E-state index in [1.165, 1.54) is 24.2 Å². The van der Waals surface area contributed by atoms with Crippen molar-refractivity contribution in [2.75, 3.05) is 6.61 Å². The zero-order chi connectivity index (χ0) is 15.7. The van der Waals surface area contributed by atoms with Crippen LogP contribution in [-0.4, -0.2) is 24.5 Å². The van der Waals surface area contributed by atoms with Crippen molar-refractivity contribution < 1.29 is 14.3 Å². The highest BCUT2D eigenvalue weighted by atomic mass is 32.1. The number of benzene rings is 1. The minimum absolute atomic E-state index is 0.164. The molecule has 0 bridgehead atoms. The van der Waals surface area contributed by atoms with E-state index in [1.54, 1.807) is 0 Å². The maximum atomic E-state index is 12.2. The fourth-order valence-electron chi connectivity index (χ4n) is 2.58. The van der Waals surface area contributed by atoms with Gasteiger partial charge >= 0.3 is 5.97 Å². The van der Waals surface area contributed by atoms with Crippen LogP contribution in [0, 0.1) is 12.8 Å². The van der Waals surface area contributed by atoms with Crippen molar-refractivity contribution in [1.29, 1.82) is 0 Å². The highest BCUT2D eigenvalue weighted by Gasteiger charge is 2.29. The van der Waals surface area contributed by atoms with Crippen LogP contribution < -0.4 is 5.32 Å². The lowest BCUT2D eigenvalue weighted by molar-refractivity contribution is -0.124. The van der Waals surface area contributed by atoms with Crippen LogP contribution in [-0.2, 0) is 9.53 Å². The molecule has 3 rings (SSSR count). The number of hydrogen-bond donors (Lipinski definition) is 1. The Morgan fingerprint density at radius 2 is 2.09 bits per heavy atom. The van der Waals surface area contributed by atoms with Gasteiger partial charge in [0.05, 0.1) is 0 Å². The Kier molecular flexibility index (Phi) is 4.16. The zero-order valence-electron chi connectivity index (χ0n) is 12.7. The van der Waals surface area contributed by atoms with Crippen LogP contribution in [0.2, 0.25) is 0 Å². The van der Waals surface area contributed by atoms with Crippen molar-refractivity contribution in [3.63, 3.8) is 0 Å². The van der Waals surface area contributed by atoms with Crippen molar-refractivity contribution >= 4 is 33.3 Å². The van der Waals surface area contributed by atoms with Gasteiger partial charge in [-0.3, -0.25) is 4.79 Å². The molecule has 2 aromatic rings. The summed E-state index contributed by atoms with van der Waals surface area (Å²) < 4.78 is 6.22. The molecule has 4 nitrogen and oxygen atoms in total. The summed E-state index contributed by atoms with van der Waals surface area (Å²) in [7, 11) is 0. The molecule has 5 heteroatoms. The minimum Gasteiger partial charge on any atom is -0.451 e. The van der Waals surface area contributed by atoms with E-state index in [4.69, 9.17) is 4.74 Å². The zero-order valence-corrected chi connectivity index (χ0v) is 13.5. The summed E-state index contributed by atoms with van der Waals surface area (Å²) in [5, 5.41) is 3.94. The van der Waals surface area contributed by atoms with Gasteiger partial charge in [-0.05, 0) is 49.6 Å². The Balaban J connectivity index is 1.61. The summed E-state index contributed by atoms with van der Waals surface area (Å²) in [5.74, 6) is -0.0658. The number of esters is 1. The maximum absolute atomic E-state index is 12.2. The highest BCUT2D eigenvalue weighted by molar-refractivity contribution is 7.21. The molecule has 22 heavy (non-hydrogen) atoms. The summed E-state index contributed by atoms with van der Waals surface area (Å²) in [6.07, 6.45) is 2.34. The lowest BCUT2D eigenvalue weighted by Crippen LogP contribution is -2.37. The molecule has 116 valence electrons. The van der Waals surface area contributed by atoms with E-state index in [1.807, 2.05) is 38.1 Å². The Morgan fingerprint density at radius 1 is 1.36 bits per heavy atom. The first-order valence-electron chi connectivity index (χ1n) is 7.51. The second kappa shape index (κ2) is 6.08. The molecule has 0 spiro atoms. The van der Waals surface area contributed by atoms with Crippen LogP contribution >= 0.6 is 11.3 Å². The molecule has 1 heterocycles. The predicted molar refractivity (Wildman–Crippen MR) is 87.2 cm³/mol. The number of amides is 1. The first-order chi connectivity index (χ1) is 10.6. The van der Waals surface area contributed by atoms with Gasteiger partial charge in [0.15, 0.2) is 6.61 Å². The van der Waals surface area contributed by atoms with Crippen molar-refractivity contribution in [1.82, 2.24) is 5.32 Å². The third kappa shape index (κ3) is 3.14. The van der Waals surface area contributed by atoms with Crippen LogP contribution in [0.5, 0.6) is 0 Å². The van der Waals surface area contributed by atoms with Gasteiger partial charge < -0.3 is 10.1 Å². The molecule has 1 saturated carbocycles. The van der Waals surface area contributed by atoms with Gasteiger partial charge in [0, 0.05) is 10.7 Å². The Labute approximate surface area is 133 Å². The summed E-state index contributed by atoms with van der Waals surface area (Å²) in [5.41, 5.74) is 0.914. The number of nitrogens with one attached hydrogen (secondary N) is 1. The van der Waals surface area contributed by atoms with E-state index in [0.717, 1.165) is 15.6 Å². The highest BCUT2D eigenvalue weighted by Crippen LogP contribution is 2.32. The Hall–Kier alpha value is -1.88. The Morgan fingerprint density at radius 3 is 2.77 bits per heavy atom. The molecule has 1 N–H and O–H groups in total. The van der Waals surface area contributed by atoms with Gasteiger partial charge in [0.25, 0.3) is 5.91 Å². The smallest absolute Gasteiger partial charge is 0.349 e. The van der Waals surface area contributed by atoms with E-state index in [-0.39, 0.29) is 18.6 Å². The molecule has 1 aromatic heterocycles. The molecular formula is C17H19NO3S. The first-order valence-corrected chi connectivity index (χ1v) is 8.32. The number of rotatable bonds is 5. The molecule has 0 radical (unpaired) electrons. The fourth-order valence-corrected chi connectivity index (χ4v) is 3.68. The monoisotopic (exact) mass is 317 g/mol. The van der Waals surface area contributed by atoms with Crippen molar-refractivity contribution in [2.45, 2.75) is 32.7 Å². The van der Waals surface area contributed by atoms with E-state index >= 15 is 0 Å². The molecule has 1 atom stereocenters. The van der Waals surface area contributed by atoms with Crippen molar-refractivity contribution in [3.05, 3.63) is 34.7 Å². The van der Waals surface area contributed by atoms with Gasteiger partial charge in [0.2, 0.25) is 0 Å². The molecule has 1 aromatic carbocycles. The molecule has 1 amide bonds. The lowest BCUT2D eigenvalue weighted by atomic mass is 10.1. The summed E-state index contributed by atoms with van der Waals surface area (Å²) in [6, 6.07) is 8.03. The van der Waals surface area contributed by atoms with Crippen LogP contribution in [0.3, 0.4) is 0 Å². The Bertz CT molecular complexity index is 718. The third-order valence-corrected chi connectivity index (χ3v) is 5.33. The molecule has 0 aliphatic heterocycles. The van der Waals surface area contributed by atoms with E-state index < -0.39 is 5.97 Å². The van der Waals surface area contributed by atoms with E-state index in [2.05, 4.69) is 5.32 Å². The molecule has 1 aliphatic rings. The predicted octanol–water partition coefficient (Wildman–Crippen LogP) is 3.28. The van der Waals surface area contributed by atoms with Crippen LogP contribution in [0.15, 0.2) is 24.3 Å². The third-order valence-electron chi connectivity index (χ3n) is 4.08. The minimum atomic E-state index is -0.423. The second-order valence-electron chi connectivity index (χ2n) is 5.82. The lowest BCUT2D eigenvalue weighted by Gasteiger charge is -2.12. The topological polar surface area (TPSA) is 55.4 Å². The quantitative estimate of drug-likeness (QED) is 0.861. The van der Waals surface area contributed by atoms with Crippen LogP contribution in [0.25, 0.3) is 10.1 Å². The second-order valence-corrected chi connectivity index (χ2v) is 6.87. The summed E-state index contributed by atoms with van der Waals surface area (Å²) >= 11 is 1.41. The number of thiophene rings is 1. The van der Waals surface area contributed by atoms with Gasteiger partial charge in [-0.15, -0.1) is 11.3 Å². The average molecular weight is 317 g/mol. The van der Waals surface area contributed by atoms with Gasteiger partial charge in [-0.2, -0.15) is 0 Å². The largest absolute Gasteiger partial charge is 0.451 e. The van der Waals surface area contributed by atoms with Gasteiger partial charge in [0.1, 0.15) is 4.88 Å². The number of carbonyl (C=O) groups excluding carboxylic acids is 2. The molecule has 1 fully saturated rings. The maximum Gasteiger partial charge on any atom is 0.349 e. The SMILES string of the molecule is Cc1c(C(=O)OCC(=O)N[C@@H](C)C2CC2)sc2ccccc12. The van der Waals surface area contributed by atoms with Gasteiger partial charge in [-0.1, -0.05) is 18.2 Å². The molecule has 1 aliphatic carbocycles. The van der Waals surface area contributed by atoms with Crippen LogP contribution in [0.1, 0.15) is 35.0 Å². The standard InChI is InChI=1S/C17H19NO3S/c1-10-13-5-3-4-6-14(13)22-16(10)17(20)21-9-15(19)18-11(2)12-7-8-12/h3-6,11-12H,7-9H2,1-2H3,(H,18,19)/t11-/m0/s1.